The summed E-state index contributed by atoms with van der Waals surface area (Å²) in [6.45, 7) is 1.51. The monoisotopic (exact) mass is 396 g/mol. The number of aromatic amines is 1. The molecule has 6 rings (SSSR count). The number of piperidine rings is 1. The van der Waals surface area contributed by atoms with E-state index in [-0.39, 0.29) is 12.6 Å². The van der Waals surface area contributed by atoms with Crippen molar-refractivity contribution in [3.05, 3.63) is 18.7 Å². The van der Waals surface area contributed by atoms with E-state index in [4.69, 9.17) is 4.74 Å². The summed E-state index contributed by atoms with van der Waals surface area (Å²) in [5.41, 5.74) is 3.85. The van der Waals surface area contributed by atoms with Crippen molar-refractivity contribution in [2.45, 2.75) is 37.9 Å². The number of anilines is 1. The van der Waals surface area contributed by atoms with Gasteiger partial charge in [0.25, 0.3) is 5.95 Å². The SMILES string of the molecule is F[C@@H]1COCC/C1=N\c1nc2c(N3CC4CCC3C4)c(-c3cn[nH]c3)ncn2n1. The van der Waals surface area contributed by atoms with Crippen LogP contribution in [0.4, 0.5) is 16.0 Å². The van der Waals surface area contributed by atoms with Gasteiger partial charge in [-0.05, 0) is 25.2 Å². The minimum Gasteiger partial charge on any atom is -0.378 e. The second-order valence-corrected chi connectivity index (χ2v) is 7.99. The van der Waals surface area contributed by atoms with Crippen LogP contribution < -0.4 is 4.90 Å². The number of rotatable bonds is 3. The number of halogens is 1. The van der Waals surface area contributed by atoms with Crippen LogP contribution in [-0.2, 0) is 4.74 Å². The van der Waals surface area contributed by atoms with E-state index in [2.05, 4.69) is 35.2 Å². The van der Waals surface area contributed by atoms with Gasteiger partial charge in [0.1, 0.15) is 17.7 Å². The van der Waals surface area contributed by atoms with Crippen LogP contribution >= 0.6 is 0 Å². The average Bonchev–Trinajstić information content (AvgIpc) is 3.52. The molecule has 3 atom stereocenters. The number of ether oxygens (including phenoxy) is 1. The minimum absolute atomic E-state index is 0.0422. The van der Waals surface area contributed by atoms with Crippen LogP contribution in [0.25, 0.3) is 16.9 Å². The first-order valence-corrected chi connectivity index (χ1v) is 10.1. The normalized spacial score (nSPS) is 28.1. The van der Waals surface area contributed by atoms with Crippen LogP contribution in [0.3, 0.4) is 0 Å². The molecular formula is C19H21FN8O. The molecular weight excluding hydrogens is 375 g/mol. The van der Waals surface area contributed by atoms with Crippen molar-refractivity contribution in [2.24, 2.45) is 10.9 Å². The van der Waals surface area contributed by atoms with Crippen LogP contribution in [0.5, 0.6) is 0 Å². The zero-order chi connectivity index (χ0) is 19.4. The van der Waals surface area contributed by atoms with E-state index in [0.717, 1.165) is 29.4 Å². The first kappa shape index (κ1) is 17.0. The predicted molar refractivity (Wildman–Crippen MR) is 104 cm³/mol. The van der Waals surface area contributed by atoms with Gasteiger partial charge in [-0.15, -0.1) is 5.10 Å². The second-order valence-electron chi connectivity index (χ2n) is 7.99. The number of alkyl halides is 1. The van der Waals surface area contributed by atoms with Crippen molar-refractivity contribution in [3.8, 4) is 11.3 Å². The third kappa shape index (κ3) is 2.81. The van der Waals surface area contributed by atoms with Crippen molar-refractivity contribution in [1.29, 1.82) is 0 Å². The Kier molecular flexibility index (Phi) is 3.86. The summed E-state index contributed by atoms with van der Waals surface area (Å²) in [4.78, 5) is 16.2. The Hall–Kier alpha value is -2.88. The molecule has 2 bridgehead atoms. The highest BCUT2D eigenvalue weighted by atomic mass is 19.1. The molecule has 29 heavy (non-hydrogen) atoms. The molecule has 2 unspecified atom stereocenters. The van der Waals surface area contributed by atoms with Crippen LogP contribution in [0.1, 0.15) is 25.7 Å². The number of hydrogen-bond donors (Lipinski definition) is 1. The average molecular weight is 396 g/mol. The van der Waals surface area contributed by atoms with Gasteiger partial charge in [-0.1, -0.05) is 0 Å². The summed E-state index contributed by atoms with van der Waals surface area (Å²) in [7, 11) is 0. The molecule has 1 saturated carbocycles. The van der Waals surface area contributed by atoms with Gasteiger partial charge in [-0.2, -0.15) is 14.6 Å². The fourth-order valence-electron chi connectivity index (χ4n) is 4.81. The maximum absolute atomic E-state index is 14.1. The molecule has 2 saturated heterocycles. The largest absolute Gasteiger partial charge is 0.378 e. The topological polar surface area (TPSA) is 96.6 Å². The maximum Gasteiger partial charge on any atom is 0.269 e. The molecule has 3 aliphatic rings. The number of hydrogen-bond acceptors (Lipinski definition) is 7. The second kappa shape index (κ2) is 6.58. The number of aromatic nitrogens is 6. The fourth-order valence-corrected chi connectivity index (χ4v) is 4.81. The van der Waals surface area contributed by atoms with Crippen molar-refractivity contribution >= 4 is 23.0 Å². The van der Waals surface area contributed by atoms with Crippen molar-refractivity contribution in [1.82, 2.24) is 29.8 Å². The number of aliphatic imine (C=N–C) groups is 1. The summed E-state index contributed by atoms with van der Waals surface area (Å²) in [6.07, 6.45) is 8.17. The zero-order valence-corrected chi connectivity index (χ0v) is 15.8. The fraction of sp³-hybridized carbons (Fsp3) is 0.526. The Morgan fingerprint density at radius 1 is 1.31 bits per heavy atom. The molecule has 150 valence electrons. The van der Waals surface area contributed by atoms with Gasteiger partial charge in [-0.25, -0.2) is 14.4 Å². The lowest BCUT2D eigenvalue weighted by atomic mass is 10.1. The highest BCUT2D eigenvalue weighted by molar-refractivity contribution is 5.91. The Bertz CT molecular complexity index is 1080. The minimum atomic E-state index is -1.20. The molecule has 0 amide bonds. The molecule has 9 nitrogen and oxygen atoms in total. The molecule has 3 aromatic rings. The molecule has 1 aliphatic carbocycles. The molecule has 5 heterocycles. The molecule has 0 aromatic carbocycles. The highest BCUT2D eigenvalue weighted by Gasteiger charge is 2.40. The third-order valence-electron chi connectivity index (χ3n) is 6.19. The molecule has 0 radical (unpaired) electrons. The summed E-state index contributed by atoms with van der Waals surface area (Å²) < 4.78 is 20.9. The van der Waals surface area contributed by atoms with E-state index >= 15 is 0 Å². The van der Waals surface area contributed by atoms with Gasteiger partial charge in [0.2, 0.25) is 0 Å². The van der Waals surface area contributed by atoms with E-state index in [1.54, 1.807) is 17.0 Å². The lowest BCUT2D eigenvalue weighted by molar-refractivity contribution is 0.0896. The van der Waals surface area contributed by atoms with E-state index in [1.807, 2.05) is 6.20 Å². The smallest absolute Gasteiger partial charge is 0.269 e. The van der Waals surface area contributed by atoms with Crippen molar-refractivity contribution < 1.29 is 9.13 Å². The molecule has 3 fully saturated rings. The van der Waals surface area contributed by atoms with Gasteiger partial charge in [0.15, 0.2) is 11.8 Å². The summed E-state index contributed by atoms with van der Waals surface area (Å²) in [5, 5.41) is 11.4. The van der Waals surface area contributed by atoms with E-state index in [9.17, 15) is 4.39 Å². The molecule has 3 aromatic heterocycles. The number of nitrogens with one attached hydrogen (secondary N) is 1. The van der Waals surface area contributed by atoms with E-state index in [0.29, 0.717) is 30.4 Å². The summed E-state index contributed by atoms with van der Waals surface area (Å²) in [6, 6.07) is 0.496. The molecule has 10 heteroatoms. The lowest BCUT2D eigenvalue weighted by Gasteiger charge is -2.30. The Morgan fingerprint density at radius 3 is 3.03 bits per heavy atom. The van der Waals surface area contributed by atoms with Gasteiger partial charge in [0, 0.05) is 30.8 Å². The summed E-state index contributed by atoms with van der Waals surface area (Å²) in [5.74, 6) is 0.982. The number of nitrogens with zero attached hydrogens (tertiary/aromatic N) is 7. The Labute approximate surface area is 166 Å². The number of H-pyrrole nitrogens is 1. The lowest BCUT2D eigenvalue weighted by Crippen LogP contribution is -2.33. The van der Waals surface area contributed by atoms with Crippen molar-refractivity contribution in [2.75, 3.05) is 24.7 Å². The van der Waals surface area contributed by atoms with Crippen LogP contribution in [0, 0.1) is 5.92 Å². The zero-order valence-electron chi connectivity index (χ0n) is 15.8. The molecule has 2 aliphatic heterocycles. The van der Waals surface area contributed by atoms with Crippen molar-refractivity contribution in [3.63, 3.8) is 0 Å². The predicted octanol–water partition coefficient (Wildman–Crippen LogP) is 2.33. The van der Waals surface area contributed by atoms with E-state index < -0.39 is 6.17 Å². The van der Waals surface area contributed by atoms with Gasteiger partial charge in [0.05, 0.1) is 25.1 Å². The first-order chi connectivity index (χ1) is 14.3. The van der Waals surface area contributed by atoms with Gasteiger partial charge < -0.3 is 9.64 Å². The molecule has 0 spiro atoms. The third-order valence-corrected chi connectivity index (χ3v) is 6.19. The Morgan fingerprint density at radius 2 is 2.28 bits per heavy atom. The quantitative estimate of drug-likeness (QED) is 0.730. The van der Waals surface area contributed by atoms with E-state index in [1.165, 1.54) is 19.3 Å². The number of fused-ring (bicyclic) bond motifs is 3. The van der Waals surface area contributed by atoms with Crippen LogP contribution in [0.2, 0.25) is 0 Å². The molecule has 1 N–H and O–H groups in total. The highest BCUT2D eigenvalue weighted by Crippen LogP contribution is 2.44. The maximum atomic E-state index is 14.1. The van der Waals surface area contributed by atoms with Gasteiger partial charge >= 0.3 is 0 Å². The Balaban J connectivity index is 1.49. The van der Waals surface area contributed by atoms with Crippen LogP contribution in [0.15, 0.2) is 23.7 Å². The first-order valence-electron chi connectivity index (χ1n) is 10.1. The van der Waals surface area contributed by atoms with Crippen LogP contribution in [-0.4, -0.2) is 67.5 Å². The van der Waals surface area contributed by atoms with Gasteiger partial charge in [-0.3, -0.25) is 5.10 Å². The standard InChI is InChI=1S/C19H21FN8O/c20-14-9-29-4-3-15(14)24-19-25-18-17(27-8-11-1-2-13(27)5-11)16(12-6-22-23-7-12)21-10-28(18)26-19/h6-7,10-11,13-14H,1-5,8-9H2,(H,22,23)/b24-15+/t11?,13?,14-/m1/s1. The summed E-state index contributed by atoms with van der Waals surface area (Å²) >= 11 is 0.